The Morgan fingerprint density at radius 2 is 2.26 bits per heavy atom. The van der Waals surface area contributed by atoms with Crippen LogP contribution < -0.4 is 5.73 Å². The molecule has 2 rings (SSSR count). The molecule has 2 aromatic heterocycles. The van der Waals surface area contributed by atoms with Gasteiger partial charge >= 0.3 is 0 Å². The average Bonchev–Trinajstić information content (AvgIpc) is 2.98. The second kappa shape index (κ2) is 6.52. The molecule has 1 atom stereocenters. The van der Waals surface area contributed by atoms with E-state index in [1.54, 1.807) is 6.20 Å². The minimum absolute atomic E-state index is 0.0751. The molecule has 0 aliphatic rings. The van der Waals surface area contributed by atoms with Gasteiger partial charge in [0.05, 0.1) is 12.0 Å². The number of aromatic nitrogens is 4. The van der Waals surface area contributed by atoms with Crippen LogP contribution in [0.4, 0.5) is 0 Å². The Hall–Kier alpha value is -1.62. The first-order valence-electron chi connectivity index (χ1n) is 6.90. The van der Waals surface area contributed by atoms with E-state index in [2.05, 4.69) is 33.4 Å². The smallest absolute Gasteiger partial charge is 0.106 e. The Labute approximate surface area is 114 Å². The van der Waals surface area contributed by atoms with E-state index >= 15 is 0 Å². The number of H-pyrrole nitrogens is 1. The normalized spacial score (nSPS) is 13.1. The molecule has 0 aromatic carbocycles. The molecule has 0 radical (unpaired) electrons. The highest BCUT2D eigenvalue weighted by atomic mass is 15.1. The molecule has 5 heteroatoms. The molecule has 104 valence electrons. The summed E-state index contributed by atoms with van der Waals surface area (Å²) in [6, 6.07) is 0.0751. The molecule has 1 unspecified atom stereocenters. The van der Waals surface area contributed by atoms with Gasteiger partial charge in [-0.1, -0.05) is 13.8 Å². The van der Waals surface area contributed by atoms with Gasteiger partial charge in [-0.05, 0) is 18.8 Å². The zero-order valence-electron chi connectivity index (χ0n) is 11.7. The van der Waals surface area contributed by atoms with E-state index in [1.807, 2.05) is 18.7 Å². The summed E-state index contributed by atoms with van der Waals surface area (Å²) in [5.41, 5.74) is 7.36. The molecule has 19 heavy (non-hydrogen) atoms. The SMILES string of the molecule is CC(C)CC(N)c1cncn1CCCc1ncc[nH]1. The van der Waals surface area contributed by atoms with Gasteiger partial charge in [0.15, 0.2) is 0 Å². The summed E-state index contributed by atoms with van der Waals surface area (Å²) in [6.07, 6.45) is 10.4. The van der Waals surface area contributed by atoms with Crippen molar-refractivity contribution in [2.75, 3.05) is 0 Å². The molecule has 0 aliphatic carbocycles. The maximum absolute atomic E-state index is 6.23. The minimum Gasteiger partial charge on any atom is -0.349 e. The van der Waals surface area contributed by atoms with E-state index in [9.17, 15) is 0 Å². The maximum atomic E-state index is 6.23. The largest absolute Gasteiger partial charge is 0.349 e. The van der Waals surface area contributed by atoms with Crippen LogP contribution in [-0.2, 0) is 13.0 Å². The monoisotopic (exact) mass is 261 g/mol. The zero-order chi connectivity index (χ0) is 13.7. The first-order chi connectivity index (χ1) is 9.16. The van der Waals surface area contributed by atoms with Gasteiger partial charge in [0.25, 0.3) is 0 Å². The summed E-state index contributed by atoms with van der Waals surface area (Å²) in [6.45, 7) is 5.32. The van der Waals surface area contributed by atoms with Crippen LogP contribution in [0.15, 0.2) is 24.9 Å². The van der Waals surface area contributed by atoms with Crippen molar-refractivity contribution < 1.29 is 0 Å². The Bertz CT molecular complexity index is 472. The molecule has 0 fully saturated rings. The second-order valence-electron chi connectivity index (χ2n) is 5.39. The molecular weight excluding hydrogens is 238 g/mol. The first-order valence-corrected chi connectivity index (χ1v) is 6.90. The van der Waals surface area contributed by atoms with E-state index in [1.165, 1.54) is 0 Å². The summed E-state index contributed by atoms with van der Waals surface area (Å²) in [5, 5.41) is 0. The van der Waals surface area contributed by atoms with E-state index in [0.29, 0.717) is 5.92 Å². The average molecular weight is 261 g/mol. The van der Waals surface area contributed by atoms with Crippen LogP contribution in [0, 0.1) is 5.92 Å². The van der Waals surface area contributed by atoms with Crippen LogP contribution in [0.5, 0.6) is 0 Å². The number of aryl methyl sites for hydroxylation is 2. The van der Waals surface area contributed by atoms with Gasteiger partial charge in [-0.25, -0.2) is 9.97 Å². The number of hydrogen-bond acceptors (Lipinski definition) is 3. The predicted octanol–water partition coefficient (Wildman–Crippen LogP) is 2.28. The number of nitrogens with two attached hydrogens (primary N) is 1. The van der Waals surface area contributed by atoms with Crippen molar-refractivity contribution >= 4 is 0 Å². The molecule has 5 nitrogen and oxygen atoms in total. The summed E-state index contributed by atoms with van der Waals surface area (Å²) in [4.78, 5) is 11.6. The fraction of sp³-hybridized carbons (Fsp3) is 0.571. The van der Waals surface area contributed by atoms with Crippen molar-refractivity contribution in [3.05, 3.63) is 36.4 Å². The first kappa shape index (κ1) is 13.8. The number of rotatable bonds is 7. The van der Waals surface area contributed by atoms with E-state index in [-0.39, 0.29) is 6.04 Å². The summed E-state index contributed by atoms with van der Waals surface area (Å²) >= 11 is 0. The molecule has 0 bridgehead atoms. The summed E-state index contributed by atoms with van der Waals surface area (Å²) in [7, 11) is 0. The van der Waals surface area contributed by atoms with Crippen molar-refractivity contribution in [3.8, 4) is 0 Å². The van der Waals surface area contributed by atoms with Gasteiger partial charge in [0.2, 0.25) is 0 Å². The number of aromatic amines is 1. The summed E-state index contributed by atoms with van der Waals surface area (Å²) in [5.74, 6) is 1.63. The van der Waals surface area contributed by atoms with E-state index in [0.717, 1.165) is 37.3 Å². The highest BCUT2D eigenvalue weighted by Gasteiger charge is 2.13. The van der Waals surface area contributed by atoms with E-state index < -0.39 is 0 Å². The highest BCUT2D eigenvalue weighted by Crippen LogP contribution is 2.18. The van der Waals surface area contributed by atoms with Crippen molar-refractivity contribution in [1.82, 2.24) is 19.5 Å². The lowest BCUT2D eigenvalue weighted by Gasteiger charge is -2.16. The number of nitrogens with zero attached hydrogens (tertiary/aromatic N) is 3. The Morgan fingerprint density at radius 1 is 1.42 bits per heavy atom. The molecule has 2 aromatic rings. The van der Waals surface area contributed by atoms with Crippen molar-refractivity contribution in [1.29, 1.82) is 0 Å². The van der Waals surface area contributed by atoms with Crippen LogP contribution in [-0.4, -0.2) is 19.5 Å². The lowest BCUT2D eigenvalue weighted by molar-refractivity contribution is 0.479. The van der Waals surface area contributed by atoms with Crippen molar-refractivity contribution in [2.24, 2.45) is 11.7 Å². The predicted molar refractivity (Wildman–Crippen MR) is 75.5 cm³/mol. The van der Waals surface area contributed by atoms with Crippen LogP contribution in [0.1, 0.15) is 44.2 Å². The molecular formula is C14H23N5. The number of nitrogens with one attached hydrogen (secondary N) is 1. The van der Waals surface area contributed by atoms with Crippen LogP contribution in [0.2, 0.25) is 0 Å². The van der Waals surface area contributed by atoms with Gasteiger partial charge in [0, 0.05) is 37.6 Å². The highest BCUT2D eigenvalue weighted by molar-refractivity contribution is 5.04. The topological polar surface area (TPSA) is 72.5 Å². The molecule has 3 N–H and O–H groups in total. The molecule has 0 aliphatic heterocycles. The molecule has 0 spiro atoms. The van der Waals surface area contributed by atoms with Crippen molar-refractivity contribution in [3.63, 3.8) is 0 Å². The van der Waals surface area contributed by atoms with Crippen LogP contribution in [0.3, 0.4) is 0 Å². The zero-order valence-corrected chi connectivity index (χ0v) is 11.7. The third-order valence-electron chi connectivity index (χ3n) is 3.22. The Morgan fingerprint density at radius 3 is 2.95 bits per heavy atom. The van der Waals surface area contributed by atoms with Gasteiger partial charge in [-0.15, -0.1) is 0 Å². The molecule has 0 saturated heterocycles. The lowest BCUT2D eigenvalue weighted by atomic mass is 10.0. The third-order valence-corrected chi connectivity index (χ3v) is 3.22. The minimum atomic E-state index is 0.0751. The van der Waals surface area contributed by atoms with Crippen LogP contribution in [0.25, 0.3) is 0 Å². The van der Waals surface area contributed by atoms with Crippen molar-refractivity contribution in [2.45, 2.75) is 45.7 Å². The molecule has 2 heterocycles. The molecule has 0 amide bonds. The Kier molecular flexibility index (Phi) is 4.74. The molecule has 0 saturated carbocycles. The maximum Gasteiger partial charge on any atom is 0.106 e. The number of imidazole rings is 2. The van der Waals surface area contributed by atoms with Gasteiger partial charge in [-0.3, -0.25) is 0 Å². The quantitative estimate of drug-likeness (QED) is 0.803. The summed E-state index contributed by atoms with van der Waals surface area (Å²) < 4.78 is 2.16. The lowest BCUT2D eigenvalue weighted by Crippen LogP contribution is -2.17. The number of hydrogen-bond donors (Lipinski definition) is 2. The fourth-order valence-corrected chi connectivity index (χ4v) is 2.31. The standard InChI is InChI=1S/C14H23N5/c1-11(2)8-12(15)13-9-16-10-19(13)7-3-4-14-17-5-6-18-14/h5-6,9-12H,3-4,7-8,15H2,1-2H3,(H,17,18). The van der Waals surface area contributed by atoms with Gasteiger partial charge in [-0.2, -0.15) is 0 Å². The fourth-order valence-electron chi connectivity index (χ4n) is 2.31. The third kappa shape index (κ3) is 3.92. The Balaban J connectivity index is 1.88. The van der Waals surface area contributed by atoms with E-state index in [4.69, 9.17) is 5.73 Å². The van der Waals surface area contributed by atoms with Gasteiger partial charge < -0.3 is 15.3 Å². The van der Waals surface area contributed by atoms with Gasteiger partial charge in [0.1, 0.15) is 5.82 Å². The van der Waals surface area contributed by atoms with Crippen LogP contribution >= 0.6 is 0 Å². The second-order valence-corrected chi connectivity index (χ2v) is 5.39.